The van der Waals surface area contributed by atoms with Gasteiger partial charge in [-0.15, -0.1) is 0 Å². The second-order valence-electron chi connectivity index (χ2n) is 4.21. The minimum atomic E-state index is 0.523. The van der Waals surface area contributed by atoms with Gasteiger partial charge in [-0.1, -0.05) is 0 Å². The van der Waals surface area contributed by atoms with Gasteiger partial charge in [0.05, 0.1) is 17.4 Å². The molecule has 0 unspecified atom stereocenters. The Morgan fingerprint density at radius 3 is 3.00 bits per heavy atom. The van der Waals surface area contributed by atoms with E-state index in [4.69, 9.17) is 11.0 Å². The normalized spacial score (nSPS) is 16.4. The molecule has 0 saturated carbocycles. The second kappa shape index (κ2) is 5.78. The van der Waals surface area contributed by atoms with Crippen LogP contribution in [0.2, 0.25) is 0 Å². The monoisotopic (exact) mass is 248 g/mol. The third kappa shape index (κ3) is 3.27. The third-order valence-electron chi connectivity index (χ3n) is 2.93. The van der Waals surface area contributed by atoms with E-state index in [2.05, 4.69) is 16.4 Å². The lowest BCUT2D eigenvalue weighted by molar-refractivity contribution is 0.515. The van der Waals surface area contributed by atoms with Crippen molar-refractivity contribution in [2.24, 2.45) is 5.92 Å². The van der Waals surface area contributed by atoms with Crippen molar-refractivity contribution in [1.29, 1.82) is 5.26 Å². The number of hydrogen-bond acceptors (Lipinski definition) is 5. The van der Waals surface area contributed by atoms with Gasteiger partial charge in [0.15, 0.2) is 0 Å². The zero-order valence-corrected chi connectivity index (χ0v) is 10.5. The molecule has 90 valence electrons. The maximum atomic E-state index is 8.99. The summed E-state index contributed by atoms with van der Waals surface area (Å²) in [6, 6.07) is 3.77. The first-order valence-corrected chi connectivity index (χ1v) is 6.92. The number of nitrogens with zero attached hydrogens (tertiary/aromatic N) is 2. The number of thioether (sulfide) groups is 1. The zero-order valence-electron chi connectivity index (χ0n) is 9.65. The molecule has 0 radical (unpaired) electrons. The Labute approximate surface area is 106 Å². The van der Waals surface area contributed by atoms with Crippen LogP contribution in [0.25, 0.3) is 0 Å². The van der Waals surface area contributed by atoms with E-state index in [0.717, 1.165) is 6.54 Å². The highest BCUT2D eigenvalue weighted by Gasteiger charge is 2.14. The van der Waals surface area contributed by atoms with Crippen molar-refractivity contribution in [1.82, 2.24) is 4.98 Å². The molecular weight excluding hydrogens is 232 g/mol. The van der Waals surface area contributed by atoms with Crippen LogP contribution in [0.5, 0.6) is 0 Å². The Morgan fingerprint density at radius 2 is 2.29 bits per heavy atom. The van der Waals surface area contributed by atoms with Gasteiger partial charge < -0.3 is 11.1 Å². The molecule has 0 amide bonds. The molecule has 5 heteroatoms. The van der Waals surface area contributed by atoms with E-state index < -0.39 is 0 Å². The largest absolute Gasteiger partial charge is 0.397 e. The first kappa shape index (κ1) is 12.1. The van der Waals surface area contributed by atoms with Gasteiger partial charge >= 0.3 is 0 Å². The standard InChI is InChI=1S/C12H16N4S/c13-6-10-5-11(14)8-16-12(10)15-7-9-1-3-17-4-2-9/h5,8-9H,1-4,7,14H2,(H,15,16). The highest BCUT2D eigenvalue weighted by Crippen LogP contribution is 2.23. The predicted molar refractivity (Wildman–Crippen MR) is 71.9 cm³/mol. The van der Waals surface area contributed by atoms with Crippen LogP contribution in [0.15, 0.2) is 12.3 Å². The number of nitrogen functional groups attached to an aromatic ring is 1. The van der Waals surface area contributed by atoms with Gasteiger partial charge in [-0.3, -0.25) is 0 Å². The van der Waals surface area contributed by atoms with Crippen LogP contribution in [0.4, 0.5) is 11.5 Å². The molecule has 4 nitrogen and oxygen atoms in total. The van der Waals surface area contributed by atoms with E-state index in [9.17, 15) is 0 Å². The Morgan fingerprint density at radius 1 is 1.53 bits per heavy atom. The first-order chi connectivity index (χ1) is 8.29. The highest BCUT2D eigenvalue weighted by molar-refractivity contribution is 7.99. The second-order valence-corrected chi connectivity index (χ2v) is 5.44. The van der Waals surface area contributed by atoms with Crippen molar-refractivity contribution >= 4 is 23.3 Å². The molecule has 17 heavy (non-hydrogen) atoms. The summed E-state index contributed by atoms with van der Waals surface area (Å²) in [5, 5.41) is 12.3. The van der Waals surface area contributed by atoms with Crippen LogP contribution in [0, 0.1) is 17.2 Å². The van der Waals surface area contributed by atoms with E-state index in [1.807, 2.05) is 11.8 Å². The summed E-state index contributed by atoms with van der Waals surface area (Å²) in [6.07, 6.45) is 4.07. The summed E-state index contributed by atoms with van der Waals surface area (Å²) in [5.41, 5.74) is 6.65. The van der Waals surface area contributed by atoms with Crippen molar-refractivity contribution in [2.75, 3.05) is 29.1 Å². The van der Waals surface area contributed by atoms with Crippen LogP contribution in [-0.4, -0.2) is 23.0 Å². The molecule has 0 bridgehead atoms. The van der Waals surface area contributed by atoms with E-state index in [1.54, 1.807) is 12.3 Å². The molecule has 3 N–H and O–H groups in total. The lowest BCUT2D eigenvalue weighted by Gasteiger charge is -2.21. The molecule has 0 spiro atoms. The molecule has 1 fully saturated rings. The van der Waals surface area contributed by atoms with Gasteiger partial charge in [-0.25, -0.2) is 4.98 Å². The number of anilines is 2. The molecule has 2 heterocycles. The molecule has 1 aliphatic heterocycles. The first-order valence-electron chi connectivity index (χ1n) is 5.77. The Bertz CT molecular complexity index is 421. The van der Waals surface area contributed by atoms with Crippen molar-refractivity contribution in [3.63, 3.8) is 0 Å². The number of aromatic nitrogens is 1. The molecule has 0 atom stereocenters. The van der Waals surface area contributed by atoms with Crippen LogP contribution >= 0.6 is 11.8 Å². The molecule has 1 aliphatic rings. The summed E-state index contributed by atoms with van der Waals surface area (Å²) in [5.74, 6) is 3.83. The van der Waals surface area contributed by atoms with Crippen LogP contribution in [-0.2, 0) is 0 Å². The van der Waals surface area contributed by atoms with E-state index in [0.29, 0.717) is 23.0 Å². The van der Waals surface area contributed by atoms with Gasteiger partial charge in [0.2, 0.25) is 0 Å². The average molecular weight is 248 g/mol. The van der Waals surface area contributed by atoms with E-state index in [1.165, 1.54) is 24.3 Å². The van der Waals surface area contributed by atoms with Crippen molar-refractivity contribution < 1.29 is 0 Å². The van der Waals surface area contributed by atoms with E-state index >= 15 is 0 Å². The summed E-state index contributed by atoms with van der Waals surface area (Å²) >= 11 is 2.02. The summed E-state index contributed by atoms with van der Waals surface area (Å²) in [6.45, 7) is 0.895. The van der Waals surface area contributed by atoms with Crippen LogP contribution in [0.3, 0.4) is 0 Å². The fourth-order valence-corrected chi connectivity index (χ4v) is 3.10. The quantitative estimate of drug-likeness (QED) is 0.856. The lowest BCUT2D eigenvalue weighted by Crippen LogP contribution is -2.20. The summed E-state index contributed by atoms with van der Waals surface area (Å²) in [4.78, 5) is 4.17. The maximum Gasteiger partial charge on any atom is 0.144 e. The van der Waals surface area contributed by atoms with Crippen LogP contribution in [0.1, 0.15) is 18.4 Å². The van der Waals surface area contributed by atoms with E-state index in [-0.39, 0.29) is 0 Å². The van der Waals surface area contributed by atoms with Crippen molar-refractivity contribution in [3.05, 3.63) is 17.8 Å². The minimum Gasteiger partial charge on any atom is -0.397 e. The lowest BCUT2D eigenvalue weighted by atomic mass is 10.0. The molecule has 2 rings (SSSR count). The smallest absolute Gasteiger partial charge is 0.144 e. The Hall–Kier alpha value is -1.41. The van der Waals surface area contributed by atoms with Gasteiger partial charge in [0, 0.05) is 6.54 Å². The predicted octanol–water partition coefficient (Wildman–Crippen LogP) is 2.09. The number of hydrogen-bond donors (Lipinski definition) is 2. The Kier molecular flexibility index (Phi) is 4.10. The van der Waals surface area contributed by atoms with Crippen LogP contribution < -0.4 is 11.1 Å². The fraction of sp³-hybridized carbons (Fsp3) is 0.500. The molecular formula is C12H16N4S. The zero-order chi connectivity index (χ0) is 12.1. The third-order valence-corrected chi connectivity index (χ3v) is 3.98. The molecule has 0 aliphatic carbocycles. The topological polar surface area (TPSA) is 74.7 Å². The van der Waals surface area contributed by atoms with Crippen molar-refractivity contribution in [3.8, 4) is 6.07 Å². The number of nitrogens with one attached hydrogen (secondary N) is 1. The van der Waals surface area contributed by atoms with Gasteiger partial charge in [-0.05, 0) is 36.3 Å². The molecule has 1 saturated heterocycles. The summed E-state index contributed by atoms with van der Waals surface area (Å²) in [7, 11) is 0. The van der Waals surface area contributed by atoms with Crippen molar-refractivity contribution in [2.45, 2.75) is 12.8 Å². The molecule has 0 aromatic carbocycles. The minimum absolute atomic E-state index is 0.523. The number of nitrogens with two attached hydrogens (primary N) is 1. The van der Waals surface area contributed by atoms with Gasteiger partial charge in [0.25, 0.3) is 0 Å². The maximum absolute atomic E-state index is 8.99. The number of nitriles is 1. The Balaban J connectivity index is 1.96. The number of rotatable bonds is 3. The van der Waals surface area contributed by atoms with Gasteiger partial charge in [-0.2, -0.15) is 17.0 Å². The highest BCUT2D eigenvalue weighted by atomic mass is 32.2. The van der Waals surface area contributed by atoms with Gasteiger partial charge in [0.1, 0.15) is 11.9 Å². The average Bonchev–Trinajstić information content (AvgIpc) is 2.38. The SMILES string of the molecule is N#Cc1cc(N)cnc1NCC1CCSCC1. The fourth-order valence-electron chi connectivity index (χ4n) is 1.90. The number of pyridine rings is 1. The summed E-state index contributed by atoms with van der Waals surface area (Å²) < 4.78 is 0. The molecule has 1 aromatic rings. The molecule has 1 aromatic heterocycles.